The predicted molar refractivity (Wildman–Crippen MR) is 204 cm³/mol. The lowest BCUT2D eigenvalue weighted by atomic mass is 9.82. The van der Waals surface area contributed by atoms with Crippen LogP contribution in [0.2, 0.25) is 0 Å². The summed E-state index contributed by atoms with van der Waals surface area (Å²) >= 11 is 0. The van der Waals surface area contributed by atoms with Gasteiger partial charge in [-0.15, -0.1) is 0 Å². The number of aliphatic hydroxyl groups excluding tert-OH is 8. The minimum Gasteiger partial charge on any atom is -0.481 e. The zero-order chi connectivity index (χ0) is 42.0. The molecule has 56 heavy (non-hydrogen) atoms. The van der Waals surface area contributed by atoms with E-state index in [1.54, 1.807) is 32.1 Å². The number of rotatable bonds is 1. The average molecular weight is 797 g/mol. The van der Waals surface area contributed by atoms with Crippen LogP contribution in [-0.2, 0) is 23.9 Å². The van der Waals surface area contributed by atoms with Crippen LogP contribution in [0.15, 0.2) is 60.8 Å². The van der Waals surface area contributed by atoms with Crippen molar-refractivity contribution in [1.29, 1.82) is 0 Å². The summed E-state index contributed by atoms with van der Waals surface area (Å²) in [6.45, 7) is 5.20. The van der Waals surface area contributed by atoms with Gasteiger partial charge >= 0.3 is 11.9 Å². The van der Waals surface area contributed by atoms with Crippen molar-refractivity contribution >= 4 is 17.7 Å². The van der Waals surface area contributed by atoms with Gasteiger partial charge in [-0.05, 0) is 51.5 Å². The number of aliphatic hydroxyl groups is 9. The number of aliphatic carboxylic acids is 1. The first-order chi connectivity index (χ1) is 26.3. The topological polar surface area (TPSA) is 272 Å². The number of ether oxygens (including phenoxy) is 2. The van der Waals surface area contributed by atoms with Crippen molar-refractivity contribution in [2.45, 2.75) is 158 Å². The SMILES string of the molecule is C[C@@H]1[C@H](O)[C@@H](C)/C=C/C=C/CC/C=C/C(=O)C/C=C/C=C/[C@H](O)CC2O[C@](O)(C[C@@H](O)[C@H](O)CC[C@@H](O)C[C@@H](O)C[C@@H](O)CC(=O)O[C@H]1C)C[C@H](O)[C@H]2C(=O)O. The summed E-state index contributed by atoms with van der Waals surface area (Å²) in [7, 11) is 0. The maximum Gasteiger partial charge on any atom is 0.311 e. The minimum absolute atomic E-state index is 0.0923. The third-order valence-corrected chi connectivity index (χ3v) is 10.2. The Bertz CT molecular complexity index is 1360. The van der Waals surface area contributed by atoms with E-state index in [2.05, 4.69) is 0 Å². The molecule has 318 valence electrons. The van der Waals surface area contributed by atoms with Crippen LogP contribution in [-0.4, -0.2) is 136 Å². The Balaban J connectivity index is 2.16. The number of fused-ring (bicyclic) bond motifs is 2. The smallest absolute Gasteiger partial charge is 0.311 e. The first-order valence-corrected chi connectivity index (χ1v) is 19.4. The zero-order valence-electron chi connectivity index (χ0n) is 32.6. The highest BCUT2D eigenvalue weighted by Gasteiger charge is 2.50. The molecule has 0 spiro atoms. The van der Waals surface area contributed by atoms with Gasteiger partial charge in [0, 0.05) is 37.5 Å². The Morgan fingerprint density at radius 3 is 2.05 bits per heavy atom. The van der Waals surface area contributed by atoms with Gasteiger partial charge in [-0.2, -0.15) is 0 Å². The Morgan fingerprint density at radius 2 is 1.36 bits per heavy atom. The second-order valence-corrected chi connectivity index (χ2v) is 15.3. The number of hydrogen-bond donors (Lipinski definition) is 10. The first kappa shape index (κ1) is 49.1. The van der Waals surface area contributed by atoms with Gasteiger partial charge in [0.25, 0.3) is 0 Å². The third-order valence-electron chi connectivity index (χ3n) is 10.2. The van der Waals surface area contributed by atoms with E-state index in [0.717, 1.165) is 0 Å². The van der Waals surface area contributed by atoms with E-state index < -0.39 is 110 Å². The summed E-state index contributed by atoms with van der Waals surface area (Å²) in [5.41, 5.74) is 0. The largest absolute Gasteiger partial charge is 0.481 e. The van der Waals surface area contributed by atoms with Crippen molar-refractivity contribution in [2.24, 2.45) is 17.8 Å². The molecule has 14 atom stereocenters. The van der Waals surface area contributed by atoms with Crippen LogP contribution in [0.25, 0.3) is 0 Å². The Hall–Kier alpha value is -3.09. The molecule has 0 saturated carbocycles. The highest BCUT2D eigenvalue weighted by molar-refractivity contribution is 5.90. The Labute approximate surface area is 329 Å². The van der Waals surface area contributed by atoms with Crippen molar-refractivity contribution in [3.8, 4) is 0 Å². The molecule has 0 aromatic carbocycles. The summed E-state index contributed by atoms with van der Waals surface area (Å²) in [5.74, 6) is -6.83. The van der Waals surface area contributed by atoms with Crippen LogP contribution in [0, 0.1) is 17.8 Å². The van der Waals surface area contributed by atoms with Crippen LogP contribution >= 0.6 is 0 Å². The average Bonchev–Trinajstić information content (AvgIpc) is 3.09. The molecule has 2 rings (SSSR count). The number of hydrogen-bond acceptors (Lipinski definition) is 14. The van der Waals surface area contributed by atoms with E-state index in [1.807, 2.05) is 25.2 Å². The van der Waals surface area contributed by atoms with Crippen LogP contribution in [0.3, 0.4) is 0 Å². The van der Waals surface area contributed by atoms with E-state index in [4.69, 9.17) is 9.47 Å². The standard InChI is InChI=1S/C41H64O15/c1-25-13-9-6-4-5-7-10-14-28(42)15-11-8-12-16-29(43)21-36-38(40(52)53)35(49)24-41(54,56-36)23-34(48)33(47)18-17-30(44)19-31(45)20-32(46)22-37(50)55-27(3)26(2)39(25)51/h4,6,8-14,16,25-27,29-36,38-39,43-49,51,54H,5,7,15,17-24H2,1-3H3,(H,52,53)/b6-4+,11-8+,13-9+,14-10+,16-12+/t25-,26-,27-,29-,30+,31+,32+,33+,34+,35-,36?,38+,39+,41+/m0/s1. The number of carboxylic acid groups (broad SMARTS) is 1. The number of cyclic esters (lactones) is 1. The molecule has 10 N–H and O–H groups in total. The molecule has 0 aromatic rings. The molecular formula is C41H64O15. The molecule has 0 radical (unpaired) electrons. The highest BCUT2D eigenvalue weighted by Crippen LogP contribution is 2.37. The van der Waals surface area contributed by atoms with Crippen molar-refractivity contribution < 1.29 is 74.9 Å². The lowest BCUT2D eigenvalue weighted by Crippen LogP contribution is -2.56. The van der Waals surface area contributed by atoms with Gasteiger partial charge in [0.1, 0.15) is 12.0 Å². The van der Waals surface area contributed by atoms with Crippen LogP contribution in [0.5, 0.6) is 0 Å². The number of esters is 1. The number of carboxylic acids is 1. The molecule has 15 nitrogen and oxygen atoms in total. The van der Waals surface area contributed by atoms with Gasteiger partial charge < -0.3 is 60.5 Å². The van der Waals surface area contributed by atoms with E-state index in [1.165, 1.54) is 24.3 Å². The van der Waals surface area contributed by atoms with Gasteiger partial charge in [-0.1, -0.05) is 68.5 Å². The summed E-state index contributed by atoms with van der Waals surface area (Å²) in [6, 6.07) is 0. The fourth-order valence-electron chi connectivity index (χ4n) is 6.79. The molecule has 1 saturated heterocycles. The first-order valence-electron chi connectivity index (χ1n) is 19.4. The maximum absolute atomic E-state index is 12.5. The lowest BCUT2D eigenvalue weighted by molar-refractivity contribution is -0.302. The van der Waals surface area contributed by atoms with E-state index in [-0.39, 0.29) is 50.2 Å². The monoisotopic (exact) mass is 796 g/mol. The molecule has 0 aliphatic carbocycles. The van der Waals surface area contributed by atoms with E-state index >= 15 is 0 Å². The van der Waals surface area contributed by atoms with Gasteiger partial charge in [0.15, 0.2) is 11.6 Å². The molecule has 1 unspecified atom stereocenters. The van der Waals surface area contributed by atoms with Gasteiger partial charge in [-0.3, -0.25) is 14.4 Å². The third kappa shape index (κ3) is 18.0. The van der Waals surface area contributed by atoms with Crippen molar-refractivity contribution in [3.05, 3.63) is 60.8 Å². The Morgan fingerprint density at radius 1 is 0.732 bits per heavy atom. The Kier molecular flexibility index (Phi) is 21.6. The van der Waals surface area contributed by atoms with Gasteiger partial charge in [-0.25, -0.2) is 0 Å². The molecule has 2 heterocycles. The van der Waals surface area contributed by atoms with Crippen molar-refractivity contribution in [3.63, 3.8) is 0 Å². The predicted octanol–water partition coefficient (Wildman–Crippen LogP) is 1.52. The quantitative estimate of drug-likeness (QED) is 0.169. The molecular weight excluding hydrogens is 732 g/mol. The van der Waals surface area contributed by atoms with Gasteiger partial charge in [0.2, 0.25) is 0 Å². The molecule has 0 aromatic heterocycles. The fraction of sp³-hybridized carbons (Fsp3) is 0.683. The van der Waals surface area contributed by atoms with Crippen molar-refractivity contribution in [1.82, 2.24) is 0 Å². The molecule has 15 heteroatoms. The van der Waals surface area contributed by atoms with Crippen molar-refractivity contribution in [2.75, 3.05) is 0 Å². The molecule has 2 aliphatic heterocycles. The minimum atomic E-state index is -2.28. The number of carbonyl (C=O) groups is 3. The molecule has 0 amide bonds. The highest BCUT2D eigenvalue weighted by atomic mass is 16.6. The van der Waals surface area contributed by atoms with Crippen LogP contribution < -0.4 is 0 Å². The normalized spacial score (nSPS) is 42.0. The number of carbonyl (C=O) groups excluding carboxylic acids is 2. The maximum atomic E-state index is 12.5. The second-order valence-electron chi connectivity index (χ2n) is 15.3. The zero-order valence-corrected chi connectivity index (χ0v) is 32.6. The summed E-state index contributed by atoms with van der Waals surface area (Å²) in [6.07, 6.45) is 2.32. The van der Waals surface area contributed by atoms with E-state index in [9.17, 15) is 65.4 Å². The summed E-state index contributed by atoms with van der Waals surface area (Å²) in [4.78, 5) is 36.7. The molecule has 2 bridgehead atoms. The second kappa shape index (κ2) is 24.6. The fourth-order valence-corrected chi connectivity index (χ4v) is 6.79. The summed E-state index contributed by atoms with van der Waals surface area (Å²) in [5, 5.41) is 106. The number of ketones is 1. The van der Waals surface area contributed by atoms with Crippen LogP contribution in [0.1, 0.15) is 91.4 Å². The van der Waals surface area contributed by atoms with Crippen LogP contribution in [0.4, 0.5) is 0 Å². The van der Waals surface area contributed by atoms with E-state index in [0.29, 0.717) is 12.8 Å². The molecule has 2 aliphatic rings. The molecule has 1 fully saturated rings. The van der Waals surface area contributed by atoms with Gasteiger partial charge in [0.05, 0.1) is 61.4 Å². The number of allylic oxidation sites excluding steroid dienone is 8. The lowest BCUT2D eigenvalue weighted by Gasteiger charge is -2.44. The summed E-state index contributed by atoms with van der Waals surface area (Å²) < 4.78 is 11.1.